The van der Waals surface area contributed by atoms with Gasteiger partial charge in [0.2, 0.25) is 0 Å². The van der Waals surface area contributed by atoms with E-state index in [4.69, 9.17) is 0 Å². The molecule has 3 nitrogen and oxygen atoms in total. The molecule has 1 rings (SSSR count). The summed E-state index contributed by atoms with van der Waals surface area (Å²) in [4.78, 5) is 0. The number of quaternary nitrogens is 1. The van der Waals surface area contributed by atoms with Gasteiger partial charge in [-0.3, -0.25) is 0 Å². The third-order valence-corrected chi connectivity index (χ3v) is 2.69. The van der Waals surface area contributed by atoms with Crippen LogP contribution in [0.2, 0.25) is 0 Å². The molecule has 0 bridgehead atoms. The van der Waals surface area contributed by atoms with Crippen molar-refractivity contribution in [1.29, 1.82) is 0 Å². The van der Waals surface area contributed by atoms with Gasteiger partial charge in [0.05, 0.1) is 13.1 Å². The SMILES string of the molecule is CC(O)C[N+]1(C[O-])CCCCC1. The lowest BCUT2D eigenvalue weighted by atomic mass is 10.1. The summed E-state index contributed by atoms with van der Waals surface area (Å²) in [5, 5.41) is 20.2. The minimum Gasteiger partial charge on any atom is -0.809 e. The first kappa shape index (κ1) is 9.96. The van der Waals surface area contributed by atoms with Crippen molar-refractivity contribution in [3.05, 3.63) is 0 Å². The summed E-state index contributed by atoms with van der Waals surface area (Å²) in [5.41, 5.74) is 0. The van der Waals surface area contributed by atoms with Crippen LogP contribution in [0.3, 0.4) is 0 Å². The lowest BCUT2D eigenvalue weighted by molar-refractivity contribution is -0.988. The summed E-state index contributed by atoms with van der Waals surface area (Å²) in [7, 11) is 0. The van der Waals surface area contributed by atoms with E-state index in [0.717, 1.165) is 25.9 Å². The molecule has 1 saturated heterocycles. The number of hydrogen-bond donors (Lipinski definition) is 1. The second-order valence-corrected chi connectivity index (χ2v) is 4.01. The molecule has 0 aliphatic carbocycles. The van der Waals surface area contributed by atoms with Crippen LogP contribution in [0.1, 0.15) is 26.2 Å². The Labute approximate surface area is 74.2 Å². The zero-order valence-corrected chi connectivity index (χ0v) is 7.83. The second-order valence-electron chi connectivity index (χ2n) is 4.01. The maximum Gasteiger partial charge on any atom is 0.104 e. The lowest BCUT2D eigenvalue weighted by Crippen LogP contribution is -2.58. The molecular formula is C9H19NO2. The lowest BCUT2D eigenvalue weighted by Gasteiger charge is -2.44. The van der Waals surface area contributed by atoms with Crippen LogP contribution in [-0.2, 0) is 0 Å². The molecule has 1 aliphatic rings. The van der Waals surface area contributed by atoms with Crippen molar-refractivity contribution in [2.24, 2.45) is 0 Å². The average molecular weight is 173 g/mol. The quantitative estimate of drug-likeness (QED) is 0.595. The molecule has 1 heterocycles. The highest BCUT2D eigenvalue weighted by Gasteiger charge is 2.27. The van der Waals surface area contributed by atoms with Crippen molar-refractivity contribution >= 4 is 0 Å². The van der Waals surface area contributed by atoms with Crippen LogP contribution in [-0.4, -0.2) is 42.1 Å². The molecule has 0 aromatic rings. The number of hydrogen-bond acceptors (Lipinski definition) is 2. The molecule has 1 unspecified atom stereocenters. The predicted molar refractivity (Wildman–Crippen MR) is 45.3 cm³/mol. The van der Waals surface area contributed by atoms with Crippen molar-refractivity contribution in [3.8, 4) is 0 Å². The Bertz CT molecular complexity index is 130. The maximum atomic E-state index is 11.0. The first-order valence-corrected chi connectivity index (χ1v) is 4.80. The predicted octanol–water partition coefficient (Wildman–Crippen LogP) is -0.314. The fourth-order valence-electron chi connectivity index (χ4n) is 2.11. The van der Waals surface area contributed by atoms with Crippen LogP contribution in [0.5, 0.6) is 0 Å². The van der Waals surface area contributed by atoms with E-state index in [1.54, 1.807) is 6.92 Å². The van der Waals surface area contributed by atoms with Gasteiger partial charge in [0.25, 0.3) is 0 Å². The summed E-state index contributed by atoms with van der Waals surface area (Å²) >= 11 is 0. The number of aliphatic hydroxyl groups is 1. The van der Waals surface area contributed by atoms with Crippen molar-refractivity contribution in [3.63, 3.8) is 0 Å². The summed E-state index contributed by atoms with van der Waals surface area (Å²) in [6.07, 6.45) is 3.21. The van der Waals surface area contributed by atoms with Gasteiger partial charge in [0.1, 0.15) is 12.6 Å². The molecule has 1 fully saturated rings. The van der Waals surface area contributed by atoms with Crippen molar-refractivity contribution in [2.45, 2.75) is 32.3 Å². The monoisotopic (exact) mass is 173 g/mol. The van der Waals surface area contributed by atoms with Gasteiger partial charge in [-0.05, 0) is 26.2 Å². The van der Waals surface area contributed by atoms with Crippen molar-refractivity contribution < 1.29 is 14.7 Å². The van der Waals surface area contributed by atoms with Crippen molar-refractivity contribution in [1.82, 2.24) is 0 Å². The molecule has 12 heavy (non-hydrogen) atoms. The minimum atomic E-state index is -0.336. The van der Waals surface area contributed by atoms with E-state index in [9.17, 15) is 10.2 Å². The smallest absolute Gasteiger partial charge is 0.104 e. The van der Waals surface area contributed by atoms with Gasteiger partial charge in [-0.1, -0.05) is 0 Å². The first-order chi connectivity index (χ1) is 5.68. The summed E-state index contributed by atoms with van der Waals surface area (Å²) in [5.74, 6) is 0. The third-order valence-electron chi connectivity index (χ3n) is 2.69. The van der Waals surface area contributed by atoms with Crippen LogP contribution in [0, 0.1) is 0 Å². The van der Waals surface area contributed by atoms with Crippen LogP contribution in [0.25, 0.3) is 0 Å². The number of rotatable bonds is 3. The van der Waals surface area contributed by atoms with E-state index >= 15 is 0 Å². The highest BCUT2D eigenvalue weighted by atomic mass is 16.3. The standard InChI is InChI=1S/C9H19NO2/c1-9(12)7-10(8-11)5-3-2-4-6-10/h9,12H,2-8H2,1H3. The minimum absolute atomic E-state index is 0.0646. The topological polar surface area (TPSA) is 43.3 Å². The molecule has 3 heteroatoms. The molecule has 0 spiro atoms. The molecule has 72 valence electrons. The summed E-state index contributed by atoms with van der Waals surface area (Å²) in [6.45, 7) is 4.28. The maximum absolute atomic E-state index is 11.0. The number of aliphatic hydroxyl groups excluding tert-OH is 1. The Kier molecular flexibility index (Phi) is 3.50. The molecule has 0 aromatic carbocycles. The van der Waals surface area contributed by atoms with Crippen LogP contribution >= 0.6 is 0 Å². The average Bonchev–Trinajstić information content (AvgIpc) is 2.05. The first-order valence-electron chi connectivity index (χ1n) is 4.80. The van der Waals surface area contributed by atoms with Crippen molar-refractivity contribution in [2.75, 3.05) is 26.4 Å². The largest absolute Gasteiger partial charge is 0.809 e. The Morgan fingerprint density at radius 3 is 2.33 bits per heavy atom. The van der Waals surface area contributed by atoms with E-state index in [1.165, 1.54) is 6.42 Å². The van der Waals surface area contributed by atoms with Crippen LogP contribution in [0.15, 0.2) is 0 Å². The van der Waals surface area contributed by atoms with E-state index in [2.05, 4.69) is 0 Å². The van der Waals surface area contributed by atoms with Crippen LogP contribution in [0.4, 0.5) is 0 Å². The van der Waals surface area contributed by atoms with Crippen LogP contribution < -0.4 is 5.11 Å². The van der Waals surface area contributed by atoms with Gasteiger partial charge < -0.3 is 14.7 Å². The van der Waals surface area contributed by atoms with E-state index < -0.39 is 0 Å². The molecule has 1 atom stereocenters. The Hall–Kier alpha value is -0.120. The highest BCUT2D eigenvalue weighted by molar-refractivity contribution is 4.54. The molecule has 0 aromatic heterocycles. The van der Waals surface area contributed by atoms with Gasteiger partial charge in [-0.15, -0.1) is 0 Å². The van der Waals surface area contributed by atoms with E-state index in [0.29, 0.717) is 11.0 Å². The summed E-state index contributed by atoms with van der Waals surface area (Å²) < 4.78 is 0.595. The Balaban J connectivity index is 2.48. The van der Waals surface area contributed by atoms with E-state index in [1.807, 2.05) is 0 Å². The zero-order chi connectivity index (χ0) is 9.03. The normalized spacial score (nSPS) is 25.2. The second kappa shape index (κ2) is 4.21. The Morgan fingerprint density at radius 2 is 1.92 bits per heavy atom. The van der Waals surface area contributed by atoms with Gasteiger partial charge in [-0.2, -0.15) is 0 Å². The highest BCUT2D eigenvalue weighted by Crippen LogP contribution is 2.17. The van der Waals surface area contributed by atoms with E-state index in [-0.39, 0.29) is 12.8 Å². The Morgan fingerprint density at radius 1 is 1.33 bits per heavy atom. The molecule has 0 amide bonds. The van der Waals surface area contributed by atoms with Gasteiger partial charge in [0.15, 0.2) is 0 Å². The molecular weight excluding hydrogens is 154 g/mol. The van der Waals surface area contributed by atoms with Gasteiger partial charge in [-0.25, -0.2) is 0 Å². The van der Waals surface area contributed by atoms with Gasteiger partial charge >= 0.3 is 0 Å². The molecule has 0 radical (unpaired) electrons. The summed E-state index contributed by atoms with van der Waals surface area (Å²) in [6, 6.07) is 0. The molecule has 0 saturated carbocycles. The number of likely N-dealkylation sites (tertiary alicyclic amines) is 1. The third kappa shape index (κ3) is 2.44. The van der Waals surface area contributed by atoms with Gasteiger partial charge in [0, 0.05) is 6.73 Å². The fraction of sp³-hybridized carbons (Fsp3) is 1.00. The molecule has 1 aliphatic heterocycles. The molecule has 1 N–H and O–H groups in total. The fourth-order valence-corrected chi connectivity index (χ4v) is 2.11. The number of nitrogens with zero attached hydrogens (tertiary/aromatic N) is 1. The number of piperidine rings is 1. The zero-order valence-electron chi connectivity index (χ0n) is 7.83.